The van der Waals surface area contributed by atoms with Crippen LogP contribution in [0.15, 0.2) is 24.3 Å². The van der Waals surface area contributed by atoms with Gasteiger partial charge >= 0.3 is 12.1 Å². The number of carbonyl (C=O) groups is 1. The summed E-state index contributed by atoms with van der Waals surface area (Å²) in [5.41, 5.74) is 0.00172. The standard InChI is InChI=1S/C8H7Cl2N2O5P/c9-18(10,16)11-8(13)17-5-6-3-1-2-4-7(6)12(14)15/h1-4H,5H2,(H,11,13,16). The number of nitro groups is 1. The SMILES string of the molecule is O=C(NP(=O)(Cl)Cl)OCc1ccccc1[N+](=O)[O-]. The predicted molar refractivity (Wildman–Crippen MR) is 65.7 cm³/mol. The molecule has 0 bridgehead atoms. The first-order valence-electron chi connectivity index (χ1n) is 4.46. The van der Waals surface area contributed by atoms with Gasteiger partial charge in [-0.05, 0) is 28.5 Å². The van der Waals surface area contributed by atoms with Crippen LogP contribution in [-0.2, 0) is 15.9 Å². The minimum absolute atomic E-state index is 0.190. The van der Waals surface area contributed by atoms with E-state index in [0.717, 1.165) is 0 Å². The second kappa shape index (κ2) is 6.04. The number of para-hydroxylation sites is 1. The molecule has 1 amide bonds. The van der Waals surface area contributed by atoms with Crippen molar-refractivity contribution >= 4 is 40.3 Å². The van der Waals surface area contributed by atoms with E-state index < -0.39 is 17.0 Å². The van der Waals surface area contributed by atoms with Gasteiger partial charge < -0.3 is 4.74 Å². The van der Waals surface area contributed by atoms with Gasteiger partial charge in [0.15, 0.2) is 0 Å². The lowest BCUT2D eigenvalue weighted by Crippen LogP contribution is -2.18. The lowest BCUT2D eigenvalue weighted by molar-refractivity contribution is -0.385. The molecule has 1 aromatic rings. The van der Waals surface area contributed by atoms with Crippen LogP contribution in [0.25, 0.3) is 0 Å². The van der Waals surface area contributed by atoms with Crippen LogP contribution in [-0.4, -0.2) is 11.0 Å². The van der Waals surface area contributed by atoms with Crippen molar-refractivity contribution in [2.45, 2.75) is 6.61 Å². The van der Waals surface area contributed by atoms with Gasteiger partial charge in [0.2, 0.25) is 0 Å². The van der Waals surface area contributed by atoms with Gasteiger partial charge in [-0.2, -0.15) is 0 Å². The Balaban J connectivity index is 2.67. The maximum Gasteiger partial charge on any atom is 0.414 e. The number of rotatable bonds is 4. The normalized spacial score (nSPS) is 10.8. The zero-order valence-electron chi connectivity index (χ0n) is 8.71. The second-order valence-electron chi connectivity index (χ2n) is 3.04. The Kier molecular flexibility index (Phi) is 4.95. The summed E-state index contributed by atoms with van der Waals surface area (Å²) in [6, 6.07) is 5.72. The van der Waals surface area contributed by atoms with Crippen LogP contribution in [0.5, 0.6) is 0 Å². The van der Waals surface area contributed by atoms with Crippen LogP contribution in [0.1, 0.15) is 5.56 Å². The molecule has 1 rings (SSSR count). The quantitative estimate of drug-likeness (QED) is 0.522. The fraction of sp³-hybridized carbons (Fsp3) is 0.125. The molecule has 0 atom stereocenters. The van der Waals surface area contributed by atoms with Crippen molar-refractivity contribution < 1.29 is 19.0 Å². The Hall–Kier alpha value is -1.30. The topological polar surface area (TPSA) is 98.5 Å². The van der Waals surface area contributed by atoms with E-state index in [4.69, 9.17) is 22.5 Å². The van der Waals surface area contributed by atoms with E-state index in [0.29, 0.717) is 0 Å². The number of hydrogen-bond acceptors (Lipinski definition) is 5. The molecule has 10 heteroatoms. The molecular weight excluding hydrogens is 306 g/mol. The molecule has 0 unspecified atom stereocenters. The number of nitrogens with one attached hydrogen (secondary N) is 1. The summed E-state index contributed by atoms with van der Waals surface area (Å²) in [4.78, 5) is 21.1. The van der Waals surface area contributed by atoms with E-state index in [-0.39, 0.29) is 17.9 Å². The third kappa shape index (κ3) is 4.91. The molecule has 0 aliphatic carbocycles. The van der Waals surface area contributed by atoms with Gasteiger partial charge in [-0.1, -0.05) is 12.1 Å². The molecule has 1 N–H and O–H groups in total. The Labute approximate surface area is 111 Å². The zero-order valence-corrected chi connectivity index (χ0v) is 11.1. The summed E-state index contributed by atoms with van der Waals surface area (Å²) in [7, 11) is 0. The van der Waals surface area contributed by atoms with Crippen molar-refractivity contribution in [2.75, 3.05) is 0 Å². The van der Waals surface area contributed by atoms with E-state index in [2.05, 4.69) is 4.74 Å². The molecule has 1 aromatic carbocycles. The van der Waals surface area contributed by atoms with Crippen molar-refractivity contribution in [3.05, 3.63) is 39.9 Å². The van der Waals surface area contributed by atoms with E-state index in [1.807, 2.05) is 0 Å². The number of hydrogen-bond donors (Lipinski definition) is 1. The van der Waals surface area contributed by atoms with Crippen molar-refractivity contribution in [2.24, 2.45) is 0 Å². The van der Waals surface area contributed by atoms with Crippen molar-refractivity contribution in [3.8, 4) is 0 Å². The fourth-order valence-corrected chi connectivity index (χ4v) is 1.78. The lowest BCUT2D eigenvalue weighted by Gasteiger charge is -2.07. The molecule has 0 saturated heterocycles. The number of amides is 1. The van der Waals surface area contributed by atoms with Crippen LogP contribution in [0.2, 0.25) is 0 Å². The Morgan fingerprint density at radius 1 is 1.44 bits per heavy atom. The maximum atomic E-state index is 11.1. The minimum Gasteiger partial charge on any atom is -0.444 e. The Morgan fingerprint density at radius 3 is 2.61 bits per heavy atom. The first kappa shape index (κ1) is 14.8. The molecular formula is C8H7Cl2N2O5P. The molecule has 0 radical (unpaired) electrons. The average molecular weight is 313 g/mol. The molecule has 0 aliphatic heterocycles. The number of halogens is 2. The van der Waals surface area contributed by atoms with Crippen LogP contribution in [0.3, 0.4) is 0 Å². The van der Waals surface area contributed by atoms with Crippen LogP contribution >= 0.6 is 28.5 Å². The van der Waals surface area contributed by atoms with Gasteiger partial charge in [-0.3, -0.25) is 14.7 Å². The van der Waals surface area contributed by atoms with Gasteiger partial charge in [-0.25, -0.2) is 9.88 Å². The van der Waals surface area contributed by atoms with Gasteiger partial charge in [0.05, 0.1) is 10.5 Å². The highest BCUT2D eigenvalue weighted by atomic mass is 35.9. The number of nitro benzene ring substituents is 1. The van der Waals surface area contributed by atoms with E-state index in [1.165, 1.54) is 18.2 Å². The van der Waals surface area contributed by atoms with Crippen LogP contribution in [0.4, 0.5) is 10.5 Å². The monoisotopic (exact) mass is 312 g/mol. The van der Waals surface area contributed by atoms with Crippen LogP contribution in [0, 0.1) is 10.1 Å². The molecule has 7 nitrogen and oxygen atoms in total. The summed E-state index contributed by atoms with van der Waals surface area (Å²) >= 11 is 10.2. The average Bonchev–Trinajstić information content (AvgIpc) is 2.24. The molecule has 98 valence electrons. The molecule has 18 heavy (non-hydrogen) atoms. The number of nitrogens with zero attached hydrogens (tertiary/aromatic N) is 1. The van der Waals surface area contributed by atoms with Gasteiger partial charge in [-0.15, -0.1) is 0 Å². The second-order valence-corrected chi connectivity index (χ2v) is 7.56. The summed E-state index contributed by atoms with van der Waals surface area (Å²) in [5.74, 6) is -3.79. The third-order valence-corrected chi connectivity index (χ3v) is 2.72. The van der Waals surface area contributed by atoms with Gasteiger partial charge in [0, 0.05) is 6.07 Å². The zero-order chi connectivity index (χ0) is 13.8. The van der Waals surface area contributed by atoms with E-state index in [9.17, 15) is 19.5 Å². The Bertz CT molecular complexity index is 518. The fourth-order valence-electron chi connectivity index (χ4n) is 1.09. The van der Waals surface area contributed by atoms with E-state index >= 15 is 0 Å². The first-order chi connectivity index (χ1) is 8.29. The molecule has 0 spiro atoms. The van der Waals surface area contributed by atoms with Crippen molar-refractivity contribution in [3.63, 3.8) is 0 Å². The summed E-state index contributed by atoms with van der Waals surface area (Å²) in [6.45, 7) is -0.364. The highest BCUT2D eigenvalue weighted by molar-refractivity contribution is 8.07. The number of benzene rings is 1. The van der Waals surface area contributed by atoms with Gasteiger partial charge in [0.25, 0.3) is 5.69 Å². The summed E-state index contributed by atoms with van der Waals surface area (Å²) < 4.78 is 15.4. The largest absolute Gasteiger partial charge is 0.444 e. The van der Waals surface area contributed by atoms with Crippen molar-refractivity contribution in [1.29, 1.82) is 0 Å². The van der Waals surface area contributed by atoms with Crippen molar-refractivity contribution in [1.82, 2.24) is 5.09 Å². The Morgan fingerprint density at radius 2 is 2.06 bits per heavy atom. The van der Waals surface area contributed by atoms with Crippen LogP contribution < -0.4 is 5.09 Å². The predicted octanol–water partition coefficient (Wildman–Crippen LogP) is 3.41. The molecule has 0 fully saturated rings. The highest BCUT2D eigenvalue weighted by Crippen LogP contribution is 2.52. The van der Waals surface area contributed by atoms with Gasteiger partial charge in [0.1, 0.15) is 6.61 Å². The highest BCUT2D eigenvalue weighted by Gasteiger charge is 2.19. The molecule has 0 aliphatic rings. The molecule has 0 aromatic heterocycles. The molecule has 0 heterocycles. The van der Waals surface area contributed by atoms with E-state index in [1.54, 1.807) is 11.2 Å². The number of carbonyl (C=O) groups excluding carboxylic acids is 1. The smallest absolute Gasteiger partial charge is 0.414 e. The first-order valence-corrected chi connectivity index (χ1v) is 7.98. The lowest BCUT2D eigenvalue weighted by atomic mass is 10.2. The third-order valence-electron chi connectivity index (χ3n) is 1.77. The minimum atomic E-state index is -3.79. The maximum absolute atomic E-state index is 11.1. The summed E-state index contributed by atoms with van der Waals surface area (Å²) in [6.07, 6.45) is -1.12. The molecule has 0 saturated carbocycles. The number of ether oxygens (including phenoxy) is 1. The summed E-state index contributed by atoms with van der Waals surface area (Å²) in [5, 5.41) is 12.4.